The molecule has 8 nitrogen and oxygen atoms in total. The Labute approximate surface area is 226 Å². The number of carbonyl (C=O) groups excluding carboxylic acids is 3. The molecule has 37 heavy (non-hydrogen) atoms. The van der Waals surface area contributed by atoms with E-state index in [0.29, 0.717) is 71.3 Å². The van der Waals surface area contributed by atoms with E-state index in [1.165, 1.54) is 0 Å². The van der Waals surface area contributed by atoms with Crippen molar-refractivity contribution in [1.29, 1.82) is 5.26 Å². The van der Waals surface area contributed by atoms with Crippen LogP contribution >= 0.6 is 23.2 Å². The third-order valence-corrected chi connectivity index (χ3v) is 8.31. The number of benzene rings is 1. The first-order chi connectivity index (χ1) is 17.7. The number of ether oxygens (including phenoxy) is 1. The summed E-state index contributed by atoms with van der Waals surface area (Å²) >= 11 is 13.6. The Bertz CT molecular complexity index is 1230. The van der Waals surface area contributed by atoms with Crippen molar-refractivity contribution >= 4 is 46.6 Å². The Balaban J connectivity index is 1.57. The molecule has 3 aliphatic rings. The van der Waals surface area contributed by atoms with Gasteiger partial charge in [0, 0.05) is 49.6 Å². The lowest BCUT2D eigenvalue weighted by molar-refractivity contribution is -0.132. The van der Waals surface area contributed by atoms with Gasteiger partial charge in [-0.05, 0) is 56.7 Å². The number of carbonyl (C=O) groups is 3. The number of halogens is 2. The summed E-state index contributed by atoms with van der Waals surface area (Å²) in [5.74, 6) is -1.09. The average Bonchev–Trinajstić information content (AvgIpc) is 2.86. The van der Waals surface area contributed by atoms with Gasteiger partial charge in [0.1, 0.15) is 6.42 Å². The number of allylic oxidation sites excluding steroid dienone is 1. The van der Waals surface area contributed by atoms with Crippen molar-refractivity contribution in [2.45, 2.75) is 45.6 Å². The largest absolute Gasteiger partial charge is 0.376 e. The highest BCUT2D eigenvalue weighted by molar-refractivity contribution is 6.37. The topological polar surface area (TPSA) is 103 Å². The zero-order chi connectivity index (χ0) is 26.9. The highest BCUT2D eigenvalue weighted by Crippen LogP contribution is 2.42. The number of nitriles is 1. The van der Waals surface area contributed by atoms with Crippen LogP contribution in [-0.2, 0) is 20.7 Å². The molecule has 1 aromatic carbocycles. The molecule has 2 unspecified atom stereocenters. The van der Waals surface area contributed by atoms with Gasteiger partial charge in [0.2, 0.25) is 5.91 Å². The van der Waals surface area contributed by atoms with Crippen molar-refractivity contribution in [1.82, 2.24) is 9.80 Å². The van der Waals surface area contributed by atoms with Crippen LogP contribution < -0.4 is 0 Å². The van der Waals surface area contributed by atoms with Crippen LogP contribution in [0.15, 0.2) is 22.7 Å². The summed E-state index contributed by atoms with van der Waals surface area (Å²) < 4.78 is 5.88. The van der Waals surface area contributed by atoms with Gasteiger partial charge in [-0.3, -0.25) is 14.4 Å². The fraction of sp³-hybridized carbons (Fsp3) is 0.519. The molecular weight excluding hydrogens is 515 g/mol. The van der Waals surface area contributed by atoms with Crippen molar-refractivity contribution in [2.75, 3.05) is 33.3 Å². The smallest absolute Gasteiger partial charge is 0.255 e. The van der Waals surface area contributed by atoms with Crippen LogP contribution in [0.1, 0.15) is 60.7 Å². The van der Waals surface area contributed by atoms with Crippen LogP contribution in [0.3, 0.4) is 0 Å². The number of dihydropyridines is 1. The zero-order valence-electron chi connectivity index (χ0n) is 21.2. The Kier molecular flexibility index (Phi) is 8.37. The summed E-state index contributed by atoms with van der Waals surface area (Å²) in [6.45, 7) is 5.38. The Morgan fingerprint density at radius 2 is 1.95 bits per heavy atom. The van der Waals surface area contributed by atoms with Crippen molar-refractivity contribution < 1.29 is 19.1 Å². The Hall–Kier alpha value is -2.73. The van der Waals surface area contributed by atoms with Gasteiger partial charge in [-0.25, -0.2) is 4.99 Å². The lowest BCUT2D eigenvalue weighted by atomic mass is 9.85. The third kappa shape index (κ3) is 5.45. The average molecular weight is 545 g/mol. The minimum absolute atomic E-state index is 0.0614. The number of hydrogen-bond donors (Lipinski definition) is 0. The minimum atomic E-state index is -0.479. The lowest BCUT2D eigenvalue weighted by Gasteiger charge is -2.37. The quantitative estimate of drug-likeness (QED) is 0.528. The molecule has 2 atom stereocenters. The van der Waals surface area contributed by atoms with E-state index < -0.39 is 12.0 Å². The number of fused-ring (bicyclic) bond motifs is 1. The molecule has 1 saturated heterocycles. The summed E-state index contributed by atoms with van der Waals surface area (Å²) in [5, 5.41) is 9.60. The maximum absolute atomic E-state index is 13.7. The van der Waals surface area contributed by atoms with E-state index in [-0.39, 0.29) is 36.6 Å². The number of amides is 3. The molecule has 0 saturated carbocycles. The van der Waals surface area contributed by atoms with E-state index in [1.54, 1.807) is 29.9 Å². The van der Waals surface area contributed by atoms with Gasteiger partial charge in [-0.15, -0.1) is 0 Å². The van der Waals surface area contributed by atoms with Crippen LogP contribution in [-0.4, -0.2) is 66.5 Å². The summed E-state index contributed by atoms with van der Waals surface area (Å²) in [6, 6.07) is 3.70. The number of aliphatic imine (C=N–C) groups is 1. The summed E-state index contributed by atoms with van der Waals surface area (Å²) in [5.41, 5.74) is 3.27. The summed E-state index contributed by atoms with van der Waals surface area (Å²) in [4.78, 5) is 45.7. The van der Waals surface area contributed by atoms with Gasteiger partial charge in [0.05, 0.1) is 28.7 Å². The van der Waals surface area contributed by atoms with E-state index >= 15 is 0 Å². The monoisotopic (exact) mass is 544 g/mol. The molecule has 10 heteroatoms. The molecule has 0 N–H and O–H groups in total. The van der Waals surface area contributed by atoms with Crippen molar-refractivity contribution in [3.63, 3.8) is 0 Å². The minimum Gasteiger partial charge on any atom is -0.376 e. The fourth-order valence-corrected chi connectivity index (χ4v) is 6.26. The number of nitrogens with zero attached hydrogens (tertiary/aromatic N) is 4. The Morgan fingerprint density at radius 3 is 2.57 bits per heavy atom. The SMILES string of the molecule is COC(c1cc(Cl)c2c(c1Cl)C(=O)N(CC1C(=O)N=C(C)C=C1C)CC2)C1CCN(C(=O)CC#N)CC1. The molecule has 3 amide bonds. The van der Waals surface area contributed by atoms with Gasteiger partial charge in [-0.1, -0.05) is 28.8 Å². The van der Waals surface area contributed by atoms with Crippen molar-refractivity contribution in [2.24, 2.45) is 16.8 Å². The first kappa shape index (κ1) is 27.3. The summed E-state index contributed by atoms with van der Waals surface area (Å²) in [7, 11) is 1.60. The lowest BCUT2D eigenvalue weighted by Crippen LogP contribution is -2.43. The van der Waals surface area contributed by atoms with Crippen LogP contribution in [0.2, 0.25) is 10.0 Å². The van der Waals surface area contributed by atoms with Gasteiger partial charge >= 0.3 is 0 Å². The zero-order valence-corrected chi connectivity index (χ0v) is 22.7. The number of hydrogen-bond acceptors (Lipinski definition) is 5. The molecular formula is C27H30Cl2N4O4. The fourth-order valence-electron chi connectivity index (χ4n) is 5.59. The maximum atomic E-state index is 13.7. The number of methoxy groups -OCH3 is 1. The van der Waals surface area contributed by atoms with Gasteiger partial charge in [-0.2, -0.15) is 5.26 Å². The molecule has 0 aromatic heterocycles. The van der Waals surface area contributed by atoms with E-state index in [1.807, 2.05) is 19.1 Å². The number of piperidine rings is 1. The van der Waals surface area contributed by atoms with Crippen molar-refractivity contribution in [3.8, 4) is 6.07 Å². The molecule has 3 aliphatic heterocycles. The second-order valence-electron chi connectivity index (χ2n) is 9.86. The molecule has 1 fully saturated rings. The van der Waals surface area contributed by atoms with E-state index in [2.05, 4.69) is 4.99 Å². The van der Waals surface area contributed by atoms with Gasteiger partial charge in [0.25, 0.3) is 11.8 Å². The molecule has 3 heterocycles. The molecule has 0 spiro atoms. The van der Waals surface area contributed by atoms with E-state index in [9.17, 15) is 14.4 Å². The maximum Gasteiger partial charge on any atom is 0.255 e. The predicted molar refractivity (Wildman–Crippen MR) is 141 cm³/mol. The van der Waals surface area contributed by atoms with Crippen LogP contribution in [0, 0.1) is 23.2 Å². The van der Waals surface area contributed by atoms with E-state index in [0.717, 1.165) is 5.57 Å². The molecule has 196 valence electrons. The highest BCUT2D eigenvalue weighted by atomic mass is 35.5. The molecule has 4 rings (SSSR count). The number of likely N-dealkylation sites (tertiary alicyclic amines) is 1. The standard InChI is InChI=1S/C27H30Cl2N4O4/c1-15-12-16(2)31-26(35)20(15)14-33-11-7-18-21(28)13-19(24(29)23(18)27(33)36)25(37-3)17-5-9-32(10-6-17)22(34)4-8-30/h12-13,17,20,25H,4-7,9-11,14H2,1-3H3. The van der Waals surface area contributed by atoms with Gasteiger partial charge < -0.3 is 14.5 Å². The molecule has 0 aliphatic carbocycles. The second-order valence-corrected chi connectivity index (χ2v) is 10.6. The van der Waals surface area contributed by atoms with Crippen molar-refractivity contribution in [3.05, 3.63) is 44.5 Å². The summed E-state index contributed by atoms with van der Waals surface area (Å²) in [6.07, 6.45) is 3.22. The van der Waals surface area contributed by atoms with Crippen LogP contribution in [0.4, 0.5) is 0 Å². The molecule has 0 radical (unpaired) electrons. The second kappa shape index (κ2) is 11.3. The van der Waals surface area contributed by atoms with Gasteiger partial charge in [0.15, 0.2) is 0 Å². The first-order valence-electron chi connectivity index (χ1n) is 12.4. The third-order valence-electron chi connectivity index (χ3n) is 7.56. The normalized spacial score (nSPS) is 21.2. The van der Waals surface area contributed by atoms with E-state index in [4.69, 9.17) is 33.2 Å². The Morgan fingerprint density at radius 1 is 1.24 bits per heavy atom. The van der Waals surface area contributed by atoms with Crippen LogP contribution in [0.25, 0.3) is 0 Å². The number of rotatable bonds is 6. The predicted octanol–water partition coefficient (Wildman–Crippen LogP) is 4.40. The molecule has 0 bridgehead atoms. The highest BCUT2D eigenvalue weighted by Gasteiger charge is 2.37. The first-order valence-corrected chi connectivity index (χ1v) is 13.2. The van der Waals surface area contributed by atoms with Crippen LogP contribution in [0.5, 0.6) is 0 Å². The molecule has 1 aromatic rings.